The Morgan fingerprint density at radius 1 is 1.35 bits per heavy atom. The number of hydrogen-bond acceptors (Lipinski definition) is 3. The molecule has 2 saturated carbocycles. The summed E-state index contributed by atoms with van der Waals surface area (Å²) in [4.78, 5) is 12.3. The van der Waals surface area contributed by atoms with E-state index in [1.807, 2.05) is 6.92 Å². The topological polar surface area (TPSA) is 38.8 Å². The van der Waals surface area contributed by atoms with E-state index in [0.29, 0.717) is 12.7 Å². The van der Waals surface area contributed by atoms with Crippen molar-refractivity contribution >= 4 is 5.97 Å². The summed E-state index contributed by atoms with van der Waals surface area (Å²) in [5.74, 6) is -0.0321. The lowest BCUT2D eigenvalue weighted by atomic mass is 9.61. The number of epoxide rings is 1. The molecule has 3 nitrogen and oxygen atoms in total. The van der Waals surface area contributed by atoms with Gasteiger partial charge in [-0.2, -0.15) is 0 Å². The smallest absolute Gasteiger partial charge is 0.312 e. The summed E-state index contributed by atoms with van der Waals surface area (Å²) >= 11 is 0. The summed E-state index contributed by atoms with van der Waals surface area (Å²) in [7, 11) is 0. The van der Waals surface area contributed by atoms with Gasteiger partial charge in [0.2, 0.25) is 0 Å². The Hall–Kier alpha value is -0.570. The number of rotatable bonds is 2. The van der Waals surface area contributed by atoms with Crippen LogP contribution in [0.1, 0.15) is 52.4 Å². The second-order valence-electron chi connectivity index (χ2n) is 6.08. The van der Waals surface area contributed by atoms with Gasteiger partial charge in [-0.15, -0.1) is 0 Å². The van der Waals surface area contributed by atoms with E-state index in [2.05, 4.69) is 6.92 Å². The van der Waals surface area contributed by atoms with Crippen molar-refractivity contribution in [2.24, 2.45) is 11.3 Å². The van der Waals surface area contributed by atoms with Crippen molar-refractivity contribution in [3.63, 3.8) is 0 Å². The van der Waals surface area contributed by atoms with Crippen LogP contribution in [-0.2, 0) is 14.3 Å². The molecule has 0 bridgehead atoms. The average Bonchev–Trinajstić information content (AvgIpc) is 2.74. The second-order valence-corrected chi connectivity index (χ2v) is 6.08. The molecule has 3 unspecified atom stereocenters. The van der Waals surface area contributed by atoms with Crippen molar-refractivity contribution in [2.45, 2.75) is 64.1 Å². The number of ether oxygens (including phenoxy) is 2. The molecule has 1 aliphatic heterocycles. The number of carbonyl (C=O) groups excluding carboxylic acids is 1. The third kappa shape index (κ3) is 1.55. The summed E-state index contributed by atoms with van der Waals surface area (Å²) in [6.45, 7) is 4.47. The van der Waals surface area contributed by atoms with Crippen LogP contribution < -0.4 is 0 Å². The first kappa shape index (κ1) is 11.5. The molecular formula is C14H22O3. The van der Waals surface area contributed by atoms with E-state index in [9.17, 15) is 4.79 Å². The molecule has 0 aromatic carbocycles. The van der Waals surface area contributed by atoms with Gasteiger partial charge in [0.25, 0.3) is 0 Å². The van der Waals surface area contributed by atoms with Gasteiger partial charge in [-0.3, -0.25) is 4.79 Å². The number of carbonyl (C=O) groups is 1. The van der Waals surface area contributed by atoms with Crippen molar-refractivity contribution in [2.75, 3.05) is 6.61 Å². The molecule has 1 heterocycles. The van der Waals surface area contributed by atoms with Crippen molar-refractivity contribution < 1.29 is 14.3 Å². The SMILES string of the molecule is CCOC(=O)C1C2(CCCC2)CCC2OC21C. The fraction of sp³-hybridized carbons (Fsp3) is 0.929. The number of esters is 1. The molecule has 1 saturated heterocycles. The third-order valence-corrected chi connectivity index (χ3v) is 5.19. The molecule has 17 heavy (non-hydrogen) atoms. The van der Waals surface area contributed by atoms with Crippen LogP contribution in [0.3, 0.4) is 0 Å². The molecule has 96 valence electrons. The van der Waals surface area contributed by atoms with Gasteiger partial charge in [0, 0.05) is 0 Å². The van der Waals surface area contributed by atoms with Gasteiger partial charge in [-0.1, -0.05) is 12.8 Å². The summed E-state index contributed by atoms with van der Waals surface area (Å²) < 4.78 is 11.1. The van der Waals surface area contributed by atoms with E-state index in [4.69, 9.17) is 9.47 Å². The predicted molar refractivity (Wildman–Crippen MR) is 63.5 cm³/mol. The maximum absolute atomic E-state index is 12.3. The zero-order valence-electron chi connectivity index (χ0n) is 10.8. The van der Waals surface area contributed by atoms with E-state index in [-0.39, 0.29) is 22.9 Å². The lowest BCUT2D eigenvalue weighted by Crippen LogP contribution is -2.47. The molecule has 0 radical (unpaired) electrons. The normalized spacial score (nSPS) is 42.2. The molecule has 2 aliphatic carbocycles. The molecule has 0 amide bonds. The Labute approximate surface area is 103 Å². The maximum atomic E-state index is 12.3. The third-order valence-electron chi connectivity index (χ3n) is 5.19. The molecule has 3 fully saturated rings. The van der Waals surface area contributed by atoms with Crippen molar-refractivity contribution in [3.8, 4) is 0 Å². The zero-order valence-corrected chi connectivity index (χ0v) is 10.8. The van der Waals surface area contributed by atoms with Crippen LogP contribution in [0.5, 0.6) is 0 Å². The van der Waals surface area contributed by atoms with Gasteiger partial charge in [0.1, 0.15) is 5.60 Å². The van der Waals surface area contributed by atoms with Crippen molar-refractivity contribution in [1.82, 2.24) is 0 Å². The van der Waals surface area contributed by atoms with Gasteiger partial charge in [0.05, 0.1) is 18.6 Å². The molecular weight excluding hydrogens is 216 g/mol. The highest BCUT2D eigenvalue weighted by molar-refractivity contribution is 5.76. The lowest BCUT2D eigenvalue weighted by Gasteiger charge is -2.41. The molecule has 3 heteroatoms. The Kier molecular flexibility index (Phi) is 2.51. The first-order valence-corrected chi connectivity index (χ1v) is 6.97. The van der Waals surface area contributed by atoms with Crippen molar-refractivity contribution in [3.05, 3.63) is 0 Å². The lowest BCUT2D eigenvalue weighted by molar-refractivity contribution is -0.157. The minimum atomic E-state index is -0.213. The van der Waals surface area contributed by atoms with E-state index < -0.39 is 0 Å². The first-order chi connectivity index (χ1) is 8.12. The van der Waals surface area contributed by atoms with Crippen LogP contribution in [0.2, 0.25) is 0 Å². The van der Waals surface area contributed by atoms with E-state index in [1.54, 1.807) is 0 Å². The Morgan fingerprint density at radius 3 is 2.71 bits per heavy atom. The molecule has 1 spiro atoms. The van der Waals surface area contributed by atoms with E-state index in [0.717, 1.165) is 12.8 Å². The van der Waals surface area contributed by atoms with Gasteiger partial charge < -0.3 is 9.47 Å². The van der Waals surface area contributed by atoms with Gasteiger partial charge in [-0.25, -0.2) is 0 Å². The summed E-state index contributed by atoms with van der Waals surface area (Å²) in [6.07, 6.45) is 7.48. The summed E-state index contributed by atoms with van der Waals surface area (Å²) in [5.41, 5.74) is -0.0250. The number of hydrogen-bond donors (Lipinski definition) is 0. The Balaban J connectivity index is 1.89. The largest absolute Gasteiger partial charge is 0.466 e. The minimum absolute atomic E-state index is 0.0147. The highest BCUT2D eigenvalue weighted by atomic mass is 16.6. The molecule has 0 aromatic rings. The predicted octanol–water partition coefficient (Wildman–Crippen LogP) is 2.68. The zero-order chi connectivity index (χ0) is 12.1. The van der Waals surface area contributed by atoms with Crippen LogP contribution in [0.25, 0.3) is 0 Å². The molecule has 3 atom stereocenters. The van der Waals surface area contributed by atoms with Gasteiger partial charge in [0.15, 0.2) is 0 Å². The van der Waals surface area contributed by atoms with Crippen LogP contribution in [0.4, 0.5) is 0 Å². The monoisotopic (exact) mass is 238 g/mol. The van der Waals surface area contributed by atoms with Gasteiger partial charge in [-0.05, 0) is 44.9 Å². The first-order valence-electron chi connectivity index (χ1n) is 6.97. The summed E-state index contributed by atoms with van der Waals surface area (Å²) in [5, 5.41) is 0. The van der Waals surface area contributed by atoms with Gasteiger partial charge >= 0.3 is 5.97 Å². The fourth-order valence-corrected chi connectivity index (χ4v) is 4.37. The van der Waals surface area contributed by atoms with E-state index in [1.165, 1.54) is 25.7 Å². The standard InChI is InChI=1S/C14H22O3/c1-3-16-12(15)11-13(2)10(17-13)6-9-14(11)7-4-5-8-14/h10-11H,3-9H2,1-2H3. The highest BCUT2D eigenvalue weighted by Crippen LogP contribution is 2.63. The Bertz CT molecular complexity index is 332. The molecule has 0 aromatic heterocycles. The van der Waals surface area contributed by atoms with E-state index >= 15 is 0 Å². The second kappa shape index (κ2) is 3.71. The van der Waals surface area contributed by atoms with Crippen LogP contribution in [0.15, 0.2) is 0 Å². The fourth-order valence-electron chi connectivity index (χ4n) is 4.37. The maximum Gasteiger partial charge on any atom is 0.312 e. The van der Waals surface area contributed by atoms with Crippen LogP contribution in [-0.4, -0.2) is 24.3 Å². The van der Waals surface area contributed by atoms with Crippen LogP contribution >= 0.6 is 0 Å². The Morgan fingerprint density at radius 2 is 2.06 bits per heavy atom. The number of fused-ring (bicyclic) bond motifs is 1. The quantitative estimate of drug-likeness (QED) is 0.548. The average molecular weight is 238 g/mol. The molecule has 3 rings (SSSR count). The molecule has 3 aliphatic rings. The summed E-state index contributed by atoms with van der Waals surface area (Å²) in [6, 6.07) is 0. The van der Waals surface area contributed by atoms with Crippen LogP contribution in [0, 0.1) is 11.3 Å². The highest BCUT2D eigenvalue weighted by Gasteiger charge is 2.69. The van der Waals surface area contributed by atoms with Crippen molar-refractivity contribution in [1.29, 1.82) is 0 Å². The minimum Gasteiger partial charge on any atom is -0.466 e. The molecule has 0 N–H and O–H groups in total.